The van der Waals surface area contributed by atoms with Gasteiger partial charge in [0.25, 0.3) is 0 Å². The second kappa shape index (κ2) is 6.84. The number of aromatic nitrogens is 2. The molecule has 0 aliphatic heterocycles. The highest BCUT2D eigenvalue weighted by Gasteiger charge is 2.08. The standard InChI is InChI=1S/C19H18F2N4/c1-11-4-6-15(8-12(11)2)23-18-9-13(3)22-19(25-18)24-17-7-5-14(20)10-16(17)21/h4-10H,1-3H3,(H2,22,23,24,25). The van der Waals surface area contributed by atoms with Gasteiger partial charge in [0.2, 0.25) is 5.95 Å². The van der Waals surface area contributed by atoms with Gasteiger partial charge in [0.05, 0.1) is 5.69 Å². The van der Waals surface area contributed by atoms with E-state index >= 15 is 0 Å². The molecule has 0 aliphatic carbocycles. The average Bonchev–Trinajstić information content (AvgIpc) is 2.53. The number of anilines is 4. The van der Waals surface area contributed by atoms with Crippen LogP contribution in [0.2, 0.25) is 0 Å². The number of benzene rings is 2. The Balaban J connectivity index is 1.86. The van der Waals surface area contributed by atoms with Gasteiger partial charge in [-0.1, -0.05) is 6.07 Å². The topological polar surface area (TPSA) is 49.8 Å². The summed E-state index contributed by atoms with van der Waals surface area (Å²) >= 11 is 0. The fraction of sp³-hybridized carbons (Fsp3) is 0.158. The molecule has 0 amide bonds. The third kappa shape index (κ3) is 4.09. The fourth-order valence-electron chi connectivity index (χ4n) is 2.37. The van der Waals surface area contributed by atoms with Crippen molar-refractivity contribution in [1.29, 1.82) is 0 Å². The van der Waals surface area contributed by atoms with Gasteiger partial charge in [0, 0.05) is 23.5 Å². The Kier molecular flexibility index (Phi) is 4.61. The molecule has 3 rings (SSSR count). The zero-order chi connectivity index (χ0) is 18.0. The predicted molar refractivity (Wildman–Crippen MR) is 95.6 cm³/mol. The summed E-state index contributed by atoms with van der Waals surface area (Å²) < 4.78 is 26.8. The Hall–Kier alpha value is -3.02. The molecule has 0 saturated heterocycles. The van der Waals surface area contributed by atoms with Gasteiger partial charge in [-0.25, -0.2) is 13.8 Å². The van der Waals surface area contributed by atoms with Crippen molar-refractivity contribution < 1.29 is 8.78 Å². The second-order valence-electron chi connectivity index (χ2n) is 5.89. The van der Waals surface area contributed by atoms with Crippen LogP contribution in [0.5, 0.6) is 0 Å². The van der Waals surface area contributed by atoms with E-state index in [1.807, 2.05) is 39.0 Å². The van der Waals surface area contributed by atoms with Crippen molar-refractivity contribution in [2.45, 2.75) is 20.8 Å². The van der Waals surface area contributed by atoms with Gasteiger partial charge < -0.3 is 10.6 Å². The number of hydrogen-bond acceptors (Lipinski definition) is 4. The third-order valence-electron chi connectivity index (χ3n) is 3.81. The van der Waals surface area contributed by atoms with Crippen molar-refractivity contribution in [2.24, 2.45) is 0 Å². The molecule has 128 valence electrons. The number of rotatable bonds is 4. The Morgan fingerprint density at radius 3 is 2.32 bits per heavy atom. The first-order chi connectivity index (χ1) is 11.9. The van der Waals surface area contributed by atoms with Crippen LogP contribution in [0.1, 0.15) is 16.8 Å². The lowest BCUT2D eigenvalue weighted by Crippen LogP contribution is -2.03. The molecule has 6 heteroatoms. The lowest BCUT2D eigenvalue weighted by atomic mass is 10.1. The smallest absolute Gasteiger partial charge is 0.229 e. The molecule has 2 aromatic carbocycles. The normalized spacial score (nSPS) is 10.6. The molecule has 0 unspecified atom stereocenters. The molecule has 0 bridgehead atoms. The zero-order valence-corrected chi connectivity index (χ0v) is 14.2. The summed E-state index contributed by atoms with van der Waals surface area (Å²) in [7, 11) is 0. The summed E-state index contributed by atoms with van der Waals surface area (Å²) in [6.07, 6.45) is 0. The molecular formula is C19H18F2N4. The highest BCUT2D eigenvalue weighted by Crippen LogP contribution is 2.22. The Morgan fingerprint density at radius 2 is 1.60 bits per heavy atom. The van der Waals surface area contributed by atoms with Crippen LogP contribution >= 0.6 is 0 Å². The SMILES string of the molecule is Cc1cc(Nc2ccc(C)c(C)c2)nc(Nc2ccc(F)cc2F)n1. The van der Waals surface area contributed by atoms with E-state index in [-0.39, 0.29) is 11.6 Å². The van der Waals surface area contributed by atoms with Crippen molar-refractivity contribution in [3.63, 3.8) is 0 Å². The molecule has 3 aromatic rings. The summed E-state index contributed by atoms with van der Waals surface area (Å²) in [6, 6.07) is 11.1. The lowest BCUT2D eigenvalue weighted by Gasteiger charge is -2.11. The van der Waals surface area contributed by atoms with E-state index in [0.717, 1.165) is 11.8 Å². The average molecular weight is 340 g/mol. The van der Waals surface area contributed by atoms with E-state index in [0.29, 0.717) is 11.5 Å². The molecule has 0 spiro atoms. The van der Waals surface area contributed by atoms with Crippen LogP contribution < -0.4 is 10.6 Å². The van der Waals surface area contributed by atoms with Crippen LogP contribution in [0.3, 0.4) is 0 Å². The summed E-state index contributed by atoms with van der Waals surface area (Å²) in [4.78, 5) is 8.59. The highest BCUT2D eigenvalue weighted by atomic mass is 19.1. The molecule has 1 heterocycles. The third-order valence-corrected chi connectivity index (χ3v) is 3.81. The zero-order valence-electron chi connectivity index (χ0n) is 14.2. The van der Waals surface area contributed by atoms with Gasteiger partial charge in [-0.15, -0.1) is 0 Å². The van der Waals surface area contributed by atoms with Crippen LogP contribution in [0.15, 0.2) is 42.5 Å². The summed E-state index contributed by atoms with van der Waals surface area (Å²) in [5.41, 5.74) is 4.11. The van der Waals surface area contributed by atoms with Gasteiger partial charge in [0.1, 0.15) is 17.5 Å². The van der Waals surface area contributed by atoms with Gasteiger partial charge >= 0.3 is 0 Å². The van der Waals surface area contributed by atoms with Crippen LogP contribution in [0.4, 0.5) is 31.9 Å². The first kappa shape index (κ1) is 16.8. The van der Waals surface area contributed by atoms with Crippen molar-refractivity contribution >= 4 is 23.1 Å². The molecule has 0 atom stereocenters. The lowest BCUT2D eigenvalue weighted by molar-refractivity contribution is 0.586. The molecule has 4 nitrogen and oxygen atoms in total. The number of nitrogens with zero attached hydrogens (tertiary/aromatic N) is 2. The molecular weight excluding hydrogens is 322 g/mol. The van der Waals surface area contributed by atoms with E-state index < -0.39 is 11.6 Å². The van der Waals surface area contributed by atoms with Crippen molar-refractivity contribution in [2.75, 3.05) is 10.6 Å². The van der Waals surface area contributed by atoms with E-state index in [4.69, 9.17) is 0 Å². The number of nitrogens with one attached hydrogen (secondary N) is 2. The maximum atomic E-state index is 13.8. The van der Waals surface area contributed by atoms with Gasteiger partial charge in [-0.05, 0) is 56.2 Å². The molecule has 0 radical (unpaired) electrons. The summed E-state index contributed by atoms with van der Waals surface area (Å²) in [6.45, 7) is 5.91. The molecule has 1 aromatic heterocycles. The van der Waals surface area contributed by atoms with Gasteiger partial charge in [0.15, 0.2) is 0 Å². The van der Waals surface area contributed by atoms with Crippen molar-refractivity contribution in [1.82, 2.24) is 9.97 Å². The Morgan fingerprint density at radius 1 is 0.800 bits per heavy atom. The minimum atomic E-state index is -0.700. The van der Waals surface area contributed by atoms with Crippen LogP contribution in [0, 0.1) is 32.4 Å². The van der Waals surface area contributed by atoms with Crippen LogP contribution in [-0.4, -0.2) is 9.97 Å². The first-order valence-electron chi connectivity index (χ1n) is 7.83. The largest absolute Gasteiger partial charge is 0.340 e. The monoisotopic (exact) mass is 340 g/mol. The van der Waals surface area contributed by atoms with E-state index in [9.17, 15) is 8.78 Å². The maximum absolute atomic E-state index is 13.8. The number of hydrogen-bond donors (Lipinski definition) is 2. The summed E-state index contributed by atoms with van der Waals surface area (Å²) in [5.74, 6) is -0.517. The van der Waals surface area contributed by atoms with Crippen LogP contribution in [0.25, 0.3) is 0 Å². The molecule has 0 aliphatic rings. The number of halogens is 2. The van der Waals surface area contributed by atoms with Gasteiger partial charge in [-0.3, -0.25) is 0 Å². The fourth-order valence-corrected chi connectivity index (χ4v) is 2.37. The second-order valence-corrected chi connectivity index (χ2v) is 5.89. The number of aryl methyl sites for hydroxylation is 3. The Bertz CT molecular complexity index is 925. The minimum Gasteiger partial charge on any atom is -0.340 e. The van der Waals surface area contributed by atoms with E-state index in [2.05, 4.69) is 20.6 Å². The molecule has 0 saturated carbocycles. The maximum Gasteiger partial charge on any atom is 0.229 e. The quantitative estimate of drug-likeness (QED) is 0.688. The van der Waals surface area contributed by atoms with Crippen molar-refractivity contribution in [3.8, 4) is 0 Å². The van der Waals surface area contributed by atoms with Crippen molar-refractivity contribution in [3.05, 3.63) is 70.9 Å². The molecule has 2 N–H and O–H groups in total. The molecule has 0 fully saturated rings. The van der Waals surface area contributed by atoms with E-state index in [1.165, 1.54) is 23.3 Å². The highest BCUT2D eigenvalue weighted by molar-refractivity contribution is 5.61. The van der Waals surface area contributed by atoms with E-state index in [1.54, 1.807) is 6.07 Å². The predicted octanol–water partition coefficient (Wildman–Crippen LogP) is 5.17. The first-order valence-corrected chi connectivity index (χ1v) is 7.83. The Labute approximate surface area is 145 Å². The summed E-state index contributed by atoms with van der Waals surface area (Å²) in [5, 5.41) is 6.00. The minimum absolute atomic E-state index is 0.115. The van der Waals surface area contributed by atoms with Gasteiger partial charge in [-0.2, -0.15) is 4.98 Å². The van der Waals surface area contributed by atoms with Crippen LogP contribution in [-0.2, 0) is 0 Å². The molecule has 25 heavy (non-hydrogen) atoms.